The molecule has 0 aliphatic rings. The molecular formula is C33H41N3O. The van der Waals surface area contributed by atoms with Gasteiger partial charge in [-0.05, 0) is 61.2 Å². The van der Waals surface area contributed by atoms with Gasteiger partial charge in [-0.3, -0.25) is 9.36 Å². The molecule has 0 N–H and O–H groups in total. The van der Waals surface area contributed by atoms with Crippen LogP contribution in [0.15, 0.2) is 78.9 Å². The average Bonchev–Trinajstić information content (AvgIpc) is 3.31. The van der Waals surface area contributed by atoms with E-state index in [1.165, 1.54) is 44.1 Å². The Kier molecular flexibility index (Phi) is 9.93. The molecule has 4 rings (SSSR count). The van der Waals surface area contributed by atoms with E-state index in [0.29, 0.717) is 13.1 Å². The molecule has 37 heavy (non-hydrogen) atoms. The number of benzene rings is 3. The second-order valence-electron chi connectivity index (χ2n) is 9.98. The predicted octanol–water partition coefficient (Wildman–Crippen LogP) is 8.37. The predicted molar refractivity (Wildman–Crippen MR) is 154 cm³/mol. The number of rotatable bonds is 14. The zero-order valence-electron chi connectivity index (χ0n) is 22.5. The summed E-state index contributed by atoms with van der Waals surface area (Å²) in [6.07, 6.45) is 10.9. The first kappa shape index (κ1) is 26.7. The number of aryl methyl sites for hydroxylation is 1. The molecule has 0 saturated heterocycles. The van der Waals surface area contributed by atoms with Gasteiger partial charge in [0.1, 0.15) is 5.82 Å². The second-order valence-corrected chi connectivity index (χ2v) is 9.98. The van der Waals surface area contributed by atoms with Gasteiger partial charge in [0, 0.05) is 17.8 Å². The quantitative estimate of drug-likeness (QED) is 0.165. The highest BCUT2D eigenvalue weighted by Gasteiger charge is 2.20. The SMILES string of the molecule is CCCCCCCCc1ccc(C(=O)N(CCCC)Cc2nc3ccccc3n2-c2ccccc2)cc1. The maximum Gasteiger partial charge on any atom is 0.254 e. The van der Waals surface area contributed by atoms with Crippen LogP contribution >= 0.6 is 0 Å². The Morgan fingerprint density at radius 2 is 1.43 bits per heavy atom. The number of unbranched alkanes of at least 4 members (excludes halogenated alkanes) is 6. The van der Waals surface area contributed by atoms with Crippen LogP contribution in [0.2, 0.25) is 0 Å². The monoisotopic (exact) mass is 495 g/mol. The first-order valence-corrected chi connectivity index (χ1v) is 14.1. The summed E-state index contributed by atoms with van der Waals surface area (Å²) < 4.78 is 2.19. The number of carbonyl (C=O) groups excluding carboxylic acids is 1. The van der Waals surface area contributed by atoms with Crippen LogP contribution in [0.1, 0.15) is 87.0 Å². The van der Waals surface area contributed by atoms with Gasteiger partial charge in [0.15, 0.2) is 0 Å². The number of hydrogen-bond acceptors (Lipinski definition) is 2. The highest BCUT2D eigenvalue weighted by molar-refractivity contribution is 5.94. The molecule has 4 heteroatoms. The fourth-order valence-electron chi connectivity index (χ4n) is 4.93. The van der Waals surface area contributed by atoms with E-state index < -0.39 is 0 Å². The lowest BCUT2D eigenvalue weighted by Gasteiger charge is -2.23. The topological polar surface area (TPSA) is 38.1 Å². The third kappa shape index (κ3) is 7.09. The summed E-state index contributed by atoms with van der Waals surface area (Å²) in [4.78, 5) is 20.6. The molecule has 0 unspecified atom stereocenters. The molecule has 0 fully saturated rings. The molecule has 0 spiro atoms. The molecule has 0 radical (unpaired) electrons. The van der Waals surface area contributed by atoms with Crippen molar-refractivity contribution >= 4 is 16.9 Å². The lowest BCUT2D eigenvalue weighted by Crippen LogP contribution is -2.32. The van der Waals surface area contributed by atoms with E-state index in [2.05, 4.69) is 48.7 Å². The van der Waals surface area contributed by atoms with Crippen molar-refractivity contribution in [2.45, 2.75) is 78.2 Å². The fourth-order valence-corrected chi connectivity index (χ4v) is 4.93. The van der Waals surface area contributed by atoms with Gasteiger partial charge in [-0.15, -0.1) is 0 Å². The maximum atomic E-state index is 13.7. The summed E-state index contributed by atoms with van der Waals surface area (Å²) in [5, 5.41) is 0. The summed E-state index contributed by atoms with van der Waals surface area (Å²) in [5.41, 5.74) is 5.14. The molecule has 1 heterocycles. The number of nitrogens with zero attached hydrogens (tertiary/aromatic N) is 3. The number of para-hydroxylation sites is 3. The third-order valence-electron chi connectivity index (χ3n) is 7.07. The van der Waals surface area contributed by atoms with Crippen molar-refractivity contribution in [2.75, 3.05) is 6.54 Å². The minimum Gasteiger partial charge on any atom is -0.331 e. The molecule has 1 amide bonds. The van der Waals surface area contributed by atoms with Crippen molar-refractivity contribution in [2.24, 2.45) is 0 Å². The highest BCUT2D eigenvalue weighted by Crippen LogP contribution is 2.23. The Morgan fingerprint density at radius 3 is 2.19 bits per heavy atom. The smallest absolute Gasteiger partial charge is 0.254 e. The molecule has 4 aromatic rings. The summed E-state index contributed by atoms with van der Waals surface area (Å²) in [6, 6.07) is 26.8. The summed E-state index contributed by atoms with van der Waals surface area (Å²) in [6.45, 7) is 5.61. The largest absolute Gasteiger partial charge is 0.331 e. The number of fused-ring (bicyclic) bond motifs is 1. The first-order valence-electron chi connectivity index (χ1n) is 14.1. The van der Waals surface area contributed by atoms with Crippen molar-refractivity contribution in [1.82, 2.24) is 14.5 Å². The van der Waals surface area contributed by atoms with Crippen LogP contribution in [0.3, 0.4) is 0 Å². The Hall–Kier alpha value is -3.40. The molecule has 0 aliphatic carbocycles. The zero-order chi connectivity index (χ0) is 25.9. The summed E-state index contributed by atoms with van der Waals surface area (Å²) >= 11 is 0. The minimum atomic E-state index is 0.0752. The number of amides is 1. The lowest BCUT2D eigenvalue weighted by molar-refractivity contribution is 0.0736. The molecule has 3 aromatic carbocycles. The molecule has 0 bridgehead atoms. The zero-order valence-corrected chi connectivity index (χ0v) is 22.5. The van der Waals surface area contributed by atoms with Gasteiger partial charge in [0.05, 0.1) is 17.6 Å². The van der Waals surface area contributed by atoms with Crippen LogP contribution < -0.4 is 0 Å². The Morgan fingerprint density at radius 1 is 0.757 bits per heavy atom. The lowest BCUT2D eigenvalue weighted by atomic mass is 10.0. The van der Waals surface area contributed by atoms with E-state index in [9.17, 15) is 4.79 Å². The molecule has 0 atom stereocenters. The first-order chi connectivity index (χ1) is 18.2. The van der Waals surface area contributed by atoms with Gasteiger partial charge in [0.2, 0.25) is 0 Å². The number of imidazole rings is 1. The Balaban J connectivity index is 1.51. The fraction of sp³-hybridized carbons (Fsp3) is 0.394. The van der Waals surface area contributed by atoms with Crippen LogP contribution in [0.4, 0.5) is 0 Å². The van der Waals surface area contributed by atoms with Crippen molar-refractivity contribution in [3.63, 3.8) is 0 Å². The number of aromatic nitrogens is 2. The highest BCUT2D eigenvalue weighted by atomic mass is 16.2. The normalized spacial score (nSPS) is 11.2. The third-order valence-corrected chi connectivity index (χ3v) is 7.07. The molecule has 4 nitrogen and oxygen atoms in total. The van der Waals surface area contributed by atoms with Gasteiger partial charge >= 0.3 is 0 Å². The Bertz CT molecular complexity index is 1240. The average molecular weight is 496 g/mol. The van der Waals surface area contributed by atoms with E-state index in [0.717, 1.165) is 47.4 Å². The van der Waals surface area contributed by atoms with E-state index in [1.54, 1.807) is 0 Å². The van der Waals surface area contributed by atoms with Crippen molar-refractivity contribution in [3.8, 4) is 5.69 Å². The Labute approximate surface area is 222 Å². The van der Waals surface area contributed by atoms with E-state index in [4.69, 9.17) is 4.98 Å². The van der Waals surface area contributed by atoms with E-state index >= 15 is 0 Å². The van der Waals surface area contributed by atoms with Gasteiger partial charge in [-0.1, -0.05) is 94.8 Å². The summed E-state index contributed by atoms with van der Waals surface area (Å²) in [5.74, 6) is 0.961. The van der Waals surface area contributed by atoms with Gasteiger partial charge in [0.25, 0.3) is 5.91 Å². The van der Waals surface area contributed by atoms with E-state index in [-0.39, 0.29) is 5.91 Å². The van der Waals surface area contributed by atoms with Gasteiger partial charge < -0.3 is 4.90 Å². The molecule has 0 aliphatic heterocycles. The van der Waals surface area contributed by atoms with Crippen LogP contribution in [0.5, 0.6) is 0 Å². The van der Waals surface area contributed by atoms with Gasteiger partial charge in [-0.25, -0.2) is 4.98 Å². The standard InChI is InChI=1S/C33H41N3O/c1-3-5-7-8-9-11-16-27-21-23-28(24-22-27)33(37)35(25-6-4-2)26-32-34-30-19-14-15-20-31(30)36(32)29-17-12-10-13-18-29/h10,12-15,17-24H,3-9,11,16,25-26H2,1-2H3. The number of hydrogen-bond donors (Lipinski definition) is 0. The van der Waals surface area contributed by atoms with Crippen LogP contribution in [-0.4, -0.2) is 26.9 Å². The van der Waals surface area contributed by atoms with Crippen molar-refractivity contribution < 1.29 is 4.79 Å². The minimum absolute atomic E-state index is 0.0752. The van der Waals surface area contributed by atoms with Crippen molar-refractivity contribution in [1.29, 1.82) is 0 Å². The van der Waals surface area contributed by atoms with Gasteiger partial charge in [-0.2, -0.15) is 0 Å². The van der Waals surface area contributed by atoms with Crippen molar-refractivity contribution in [3.05, 3.63) is 95.8 Å². The molecule has 194 valence electrons. The molecule has 1 aromatic heterocycles. The van der Waals surface area contributed by atoms with Crippen LogP contribution in [0.25, 0.3) is 16.7 Å². The number of carbonyl (C=O) groups is 1. The summed E-state index contributed by atoms with van der Waals surface area (Å²) in [7, 11) is 0. The molecule has 0 saturated carbocycles. The van der Waals surface area contributed by atoms with Crippen LogP contribution in [-0.2, 0) is 13.0 Å². The molecular weight excluding hydrogens is 454 g/mol. The second kappa shape index (κ2) is 13.8. The van der Waals surface area contributed by atoms with Crippen LogP contribution in [0, 0.1) is 0 Å². The maximum absolute atomic E-state index is 13.7. The van der Waals surface area contributed by atoms with E-state index in [1.807, 2.05) is 53.4 Å².